The third kappa shape index (κ3) is 3.42. The molecule has 3 aromatic rings. The van der Waals surface area contributed by atoms with Gasteiger partial charge in [0.25, 0.3) is 5.91 Å². The number of carbonyl (C=O) groups is 1. The van der Waals surface area contributed by atoms with Gasteiger partial charge in [-0.2, -0.15) is 0 Å². The van der Waals surface area contributed by atoms with Crippen molar-refractivity contribution in [1.29, 1.82) is 0 Å². The Hall–Kier alpha value is -2.47. The zero-order valence-corrected chi connectivity index (χ0v) is 15.0. The molecule has 1 aromatic carbocycles. The zero-order chi connectivity index (χ0) is 17.9. The number of halogens is 1. The summed E-state index contributed by atoms with van der Waals surface area (Å²) in [4.78, 5) is 15.6. The van der Waals surface area contributed by atoms with E-state index in [9.17, 15) is 9.18 Å². The average molecular weight is 370 g/mol. The highest BCUT2D eigenvalue weighted by molar-refractivity contribution is 7.12. The Kier molecular flexibility index (Phi) is 4.84. The number of aromatic nitrogens is 1. The Bertz CT molecular complexity index is 874. The van der Waals surface area contributed by atoms with Gasteiger partial charge in [-0.3, -0.25) is 4.79 Å². The van der Waals surface area contributed by atoms with E-state index in [1.54, 1.807) is 12.1 Å². The molecule has 1 amide bonds. The van der Waals surface area contributed by atoms with Crippen LogP contribution in [0.2, 0.25) is 0 Å². The van der Waals surface area contributed by atoms with Crippen molar-refractivity contribution in [2.75, 3.05) is 6.54 Å². The second-order valence-electron chi connectivity index (χ2n) is 6.46. The highest BCUT2D eigenvalue weighted by atomic mass is 32.1. The number of thiophene rings is 1. The highest BCUT2D eigenvalue weighted by Crippen LogP contribution is 2.33. The summed E-state index contributed by atoms with van der Waals surface area (Å²) in [6, 6.07) is 11.7. The van der Waals surface area contributed by atoms with Crippen molar-refractivity contribution in [3.8, 4) is 11.3 Å². The van der Waals surface area contributed by atoms with Crippen molar-refractivity contribution in [2.24, 2.45) is 0 Å². The minimum atomic E-state index is -0.287. The first kappa shape index (κ1) is 17.0. The maximum atomic E-state index is 13.1. The smallest absolute Gasteiger partial charge is 0.264 e. The lowest BCUT2D eigenvalue weighted by Crippen LogP contribution is -2.34. The van der Waals surface area contributed by atoms with E-state index >= 15 is 0 Å². The summed E-state index contributed by atoms with van der Waals surface area (Å²) < 4.78 is 18.6. The van der Waals surface area contributed by atoms with Crippen LogP contribution in [0.4, 0.5) is 4.39 Å². The first-order chi connectivity index (χ1) is 12.7. The molecule has 0 radical (unpaired) electrons. The lowest BCUT2D eigenvalue weighted by molar-refractivity contribution is 0.0679. The van der Waals surface area contributed by atoms with Crippen LogP contribution in [0.1, 0.15) is 47.1 Å². The molecule has 0 spiro atoms. The SMILES string of the molecule is O=C(c1cccs1)N1CCCCC[C@H]1c1cc(-c2ccc(F)cc2)on1. The number of hydrogen-bond acceptors (Lipinski definition) is 4. The molecule has 1 saturated heterocycles. The van der Waals surface area contributed by atoms with Gasteiger partial charge in [-0.25, -0.2) is 4.39 Å². The lowest BCUT2D eigenvalue weighted by Gasteiger charge is -2.28. The van der Waals surface area contributed by atoms with Gasteiger partial charge in [-0.15, -0.1) is 11.3 Å². The minimum Gasteiger partial charge on any atom is -0.356 e. The van der Waals surface area contributed by atoms with Crippen LogP contribution in [0.5, 0.6) is 0 Å². The van der Waals surface area contributed by atoms with Crippen LogP contribution in [-0.4, -0.2) is 22.5 Å². The molecule has 1 atom stereocenters. The Morgan fingerprint density at radius 1 is 1.19 bits per heavy atom. The molecule has 4 nitrogen and oxygen atoms in total. The van der Waals surface area contributed by atoms with Gasteiger partial charge < -0.3 is 9.42 Å². The molecule has 3 heterocycles. The lowest BCUT2D eigenvalue weighted by atomic mass is 10.0. The number of amides is 1. The summed E-state index contributed by atoms with van der Waals surface area (Å²) in [5.74, 6) is 0.357. The maximum absolute atomic E-state index is 13.1. The number of rotatable bonds is 3. The molecule has 0 unspecified atom stereocenters. The summed E-state index contributed by atoms with van der Waals surface area (Å²) in [6.07, 6.45) is 4.02. The van der Waals surface area contributed by atoms with Crippen LogP contribution in [0.3, 0.4) is 0 Å². The van der Waals surface area contributed by atoms with Crippen molar-refractivity contribution < 1.29 is 13.7 Å². The van der Waals surface area contributed by atoms with Crippen LogP contribution in [-0.2, 0) is 0 Å². The van der Waals surface area contributed by atoms with E-state index in [4.69, 9.17) is 4.52 Å². The number of nitrogens with zero attached hydrogens (tertiary/aromatic N) is 2. The maximum Gasteiger partial charge on any atom is 0.264 e. The van der Waals surface area contributed by atoms with Crippen LogP contribution in [0, 0.1) is 5.82 Å². The van der Waals surface area contributed by atoms with Crippen molar-refractivity contribution in [1.82, 2.24) is 10.1 Å². The first-order valence-electron chi connectivity index (χ1n) is 8.79. The van der Waals surface area contributed by atoms with Gasteiger partial charge in [-0.1, -0.05) is 24.1 Å². The molecule has 0 bridgehead atoms. The molecule has 26 heavy (non-hydrogen) atoms. The minimum absolute atomic E-state index is 0.0539. The molecule has 1 fully saturated rings. The predicted molar refractivity (Wildman–Crippen MR) is 98.5 cm³/mol. The average Bonchev–Trinajstić information content (AvgIpc) is 3.30. The Morgan fingerprint density at radius 2 is 2.04 bits per heavy atom. The van der Waals surface area contributed by atoms with Gasteiger partial charge in [0, 0.05) is 18.2 Å². The van der Waals surface area contributed by atoms with Crippen molar-refractivity contribution in [3.05, 3.63) is 64.2 Å². The Morgan fingerprint density at radius 3 is 2.81 bits per heavy atom. The molecule has 4 rings (SSSR count). The zero-order valence-electron chi connectivity index (χ0n) is 14.2. The van der Waals surface area contributed by atoms with E-state index in [0.29, 0.717) is 5.76 Å². The first-order valence-corrected chi connectivity index (χ1v) is 9.67. The summed E-state index contributed by atoms with van der Waals surface area (Å²) in [6.45, 7) is 0.722. The fourth-order valence-corrected chi connectivity index (χ4v) is 4.08. The van der Waals surface area contributed by atoms with Crippen LogP contribution in [0.25, 0.3) is 11.3 Å². The summed E-state index contributed by atoms with van der Waals surface area (Å²) in [5, 5.41) is 6.15. The van der Waals surface area contributed by atoms with Gasteiger partial charge >= 0.3 is 0 Å². The third-order valence-electron chi connectivity index (χ3n) is 4.74. The molecule has 0 aliphatic carbocycles. The summed E-state index contributed by atoms with van der Waals surface area (Å²) in [7, 11) is 0. The third-order valence-corrected chi connectivity index (χ3v) is 5.60. The molecule has 2 aromatic heterocycles. The van der Waals surface area contributed by atoms with Gasteiger partial charge in [0.05, 0.1) is 10.9 Å². The van der Waals surface area contributed by atoms with Crippen molar-refractivity contribution >= 4 is 17.2 Å². The largest absolute Gasteiger partial charge is 0.356 e. The molecular formula is C20H19FN2O2S. The normalized spacial score (nSPS) is 17.9. The van der Waals surface area contributed by atoms with Crippen LogP contribution < -0.4 is 0 Å². The van der Waals surface area contributed by atoms with E-state index in [1.807, 2.05) is 28.5 Å². The second kappa shape index (κ2) is 7.41. The highest BCUT2D eigenvalue weighted by Gasteiger charge is 2.30. The fraction of sp³-hybridized carbons (Fsp3) is 0.300. The Balaban J connectivity index is 1.63. The quantitative estimate of drug-likeness (QED) is 0.628. The summed E-state index contributed by atoms with van der Waals surface area (Å²) >= 11 is 1.46. The van der Waals surface area contributed by atoms with Crippen LogP contribution >= 0.6 is 11.3 Å². The molecule has 0 N–H and O–H groups in total. The van der Waals surface area contributed by atoms with Crippen LogP contribution in [0.15, 0.2) is 52.4 Å². The van der Waals surface area contributed by atoms with Crippen molar-refractivity contribution in [3.63, 3.8) is 0 Å². The number of likely N-dealkylation sites (tertiary alicyclic amines) is 1. The topological polar surface area (TPSA) is 46.3 Å². The second-order valence-corrected chi connectivity index (χ2v) is 7.41. The number of hydrogen-bond donors (Lipinski definition) is 0. The van der Waals surface area contributed by atoms with E-state index < -0.39 is 0 Å². The number of benzene rings is 1. The standard InChI is InChI=1S/C20H19FN2O2S/c21-15-9-7-14(8-10-15)18-13-16(22-25-18)17-5-2-1-3-11-23(17)20(24)19-6-4-12-26-19/h4,6-10,12-13,17H,1-3,5,11H2/t17-/m0/s1. The van der Waals surface area contributed by atoms with Gasteiger partial charge in [0.2, 0.25) is 0 Å². The van der Waals surface area contributed by atoms with Gasteiger partial charge in [0.15, 0.2) is 5.76 Å². The fourth-order valence-electron chi connectivity index (χ4n) is 3.40. The summed E-state index contributed by atoms with van der Waals surface area (Å²) in [5.41, 5.74) is 1.53. The van der Waals surface area contributed by atoms with Crippen molar-refractivity contribution in [2.45, 2.75) is 31.7 Å². The number of carbonyl (C=O) groups excluding carboxylic acids is 1. The van der Waals surface area contributed by atoms with E-state index in [0.717, 1.165) is 48.4 Å². The molecule has 1 aliphatic rings. The van der Waals surface area contributed by atoms with E-state index in [1.165, 1.54) is 23.5 Å². The molecule has 1 aliphatic heterocycles. The van der Waals surface area contributed by atoms with E-state index in [-0.39, 0.29) is 17.8 Å². The van der Waals surface area contributed by atoms with E-state index in [2.05, 4.69) is 5.16 Å². The van der Waals surface area contributed by atoms with Gasteiger partial charge in [-0.05, 0) is 48.6 Å². The monoisotopic (exact) mass is 370 g/mol. The molecule has 6 heteroatoms. The molecule has 0 saturated carbocycles. The molecular weight excluding hydrogens is 351 g/mol. The van der Waals surface area contributed by atoms with Gasteiger partial charge in [0.1, 0.15) is 11.5 Å². The Labute approximate surface area is 155 Å². The predicted octanol–water partition coefficient (Wildman–Crippen LogP) is 5.30. The molecule has 134 valence electrons.